The third kappa shape index (κ3) is 6.36. The van der Waals surface area contributed by atoms with E-state index in [1.54, 1.807) is 48.6 Å². The highest BCUT2D eigenvalue weighted by molar-refractivity contribution is 7.98. The van der Waals surface area contributed by atoms with Crippen LogP contribution in [0.3, 0.4) is 0 Å². The molecule has 0 unspecified atom stereocenters. The van der Waals surface area contributed by atoms with Gasteiger partial charge in [-0.2, -0.15) is 0 Å². The molecule has 0 radical (unpaired) electrons. The average molecular weight is 493 g/mol. The van der Waals surface area contributed by atoms with Crippen molar-refractivity contribution in [2.45, 2.75) is 57.3 Å². The zero-order chi connectivity index (χ0) is 25.0. The van der Waals surface area contributed by atoms with Crippen molar-refractivity contribution in [3.63, 3.8) is 0 Å². The fourth-order valence-corrected chi connectivity index (χ4v) is 5.08. The third-order valence-electron chi connectivity index (χ3n) is 6.83. The van der Waals surface area contributed by atoms with E-state index in [9.17, 15) is 14.7 Å². The number of carbonyl (C=O) groups is 1. The van der Waals surface area contributed by atoms with Crippen LogP contribution in [0.4, 0.5) is 0 Å². The molecule has 0 bridgehead atoms. The van der Waals surface area contributed by atoms with Gasteiger partial charge in [0.25, 0.3) is 5.56 Å². The maximum absolute atomic E-state index is 12.7. The maximum atomic E-state index is 12.7. The smallest absolute Gasteiger partial charge is 0.309 e. The van der Waals surface area contributed by atoms with Crippen molar-refractivity contribution in [2.24, 2.45) is 17.3 Å². The summed E-state index contributed by atoms with van der Waals surface area (Å²) in [6, 6.07) is 7.24. The van der Waals surface area contributed by atoms with Gasteiger partial charge in [0.05, 0.1) is 17.3 Å². The van der Waals surface area contributed by atoms with Gasteiger partial charge in [-0.1, -0.05) is 0 Å². The molecule has 1 fully saturated rings. The Morgan fingerprint density at radius 2 is 1.80 bits per heavy atom. The van der Waals surface area contributed by atoms with Crippen LogP contribution in [0.5, 0.6) is 0 Å². The van der Waals surface area contributed by atoms with Crippen LogP contribution < -0.4 is 5.56 Å². The molecule has 2 atom stereocenters. The van der Waals surface area contributed by atoms with Gasteiger partial charge < -0.3 is 5.11 Å². The molecule has 3 heterocycles. The Hall–Kier alpha value is -3.00. The Morgan fingerprint density at radius 3 is 2.40 bits per heavy atom. The maximum Gasteiger partial charge on any atom is 0.309 e. The summed E-state index contributed by atoms with van der Waals surface area (Å²) < 4.78 is 1.54. The van der Waals surface area contributed by atoms with E-state index in [2.05, 4.69) is 15.0 Å². The van der Waals surface area contributed by atoms with E-state index < -0.39 is 11.4 Å². The number of aliphatic carboxylic acids is 1. The standard InChI is InChI=1S/C27H32N4O3S/c1-27(2,26(33)34)14-20-8-9-31(25(32)13-20)22-7-6-21(28-15-22)11-18-4-5-19(10-18)12-24-29-16-23(35-3)17-30-24/h6-9,13,15-19H,4-5,10-12,14H2,1-3H3,(H,33,34)/t18-,19-/m0/s1. The highest BCUT2D eigenvalue weighted by Gasteiger charge is 2.28. The number of pyridine rings is 2. The molecule has 35 heavy (non-hydrogen) atoms. The topological polar surface area (TPSA) is 98.0 Å². The second-order valence-electron chi connectivity index (χ2n) is 10.1. The normalized spacial score (nSPS) is 18.0. The van der Waals surface area contributed by atoms with Crippen LogP contribution >= 0.6 is 11.8 Å². The molecule has 0 aliphatic heterocycles. The molecule has 0 amide bonds. The summed E-state index contributed by atoms with van der Waals surface area (Å²) in [7, 11) is 0. The van der Waals surface area contributed by atoms with Gasteiger partial charge in [0.1, 0.15) is 5.82 Å². The van der Waals surface area contributed by atoms with Gasteiger partial charge in [0.15, 0.2) is 0 Å². The lowest BCUT2D eigenvalue weighted by Gasteiger charge is -2.19. The number of rotatable bonds is 9. The lowest BCUT2D eigenvalue weighted by atomic mass is 9.86. The quantitative estimate of drug-likeness (QED) is 0.436. The van der Waals surface area contributed by atoms with E-state index >= 15 is 0 Å². The zero-order valence-corrected chi connectivity index (χ0v) is 21.3. The third-order valence-corrected chi connectivity index (χ3v) is 7.51. The lowest BCUT2D eigenvalue weighted by Crippen LogP contribution is -2.27. The minimum atomic E-state index is -0.924. The summed E-state index contributed by atoms with van der Waals surface area (Å²) in [4.78, 5) is 38.8. The number of carboxylic acids is 1. The molecule has 1 N–H and O–H groups in total. The minimum absolute atomic E-state index is 0.190. The van der Waals surface area contributed by atoms with Gasteiger partial charge in [-0.3, -0.25) is 19.1 Å². The first kappa shape index (κ1) is 25.1. The molecule has 3 aromatic rings. The first-order chi connectivity index (χ1) is 16.7. The van der Waals surface area contributed by atoms with Crippen molar-refractivity contribution in [3.8, 4) is 5.69 Å². The predicted octanol–water partition coefficient (Wildman–Crippen LogP) is 4.60. The molecule has 184 valence electrons. The van der Waals surface area contributed by atoms with Gasteiger partial charge in [0.2, 0.25) is 0 Å². The summed E-state index contributed by atoms with van der Waals surface area (Å²) in [5.74, 6) is 1.26. The Kier molecular flexibility index (Phi) is 7.69. The summed E-state index contributed by atoms with van der Waals surface area (Å²) in [6.45, 7) is 3.32. The van der Waals surface area contributed by atoms with Gasteiger partial charge >= 0.3 is 5.97 Å². The summed E-state index contributed by atoms with van der Waals surface area (Å²) >= 11 is 1.66. The molecule has 3 aromatic heterocycles. The second kappa shape index (κ2) is 10.7. The summed E-state index contributed by atoms with van der Waals surface area (Å²) in [5, 5.41) is 9.33. The summed E-state index contributed by atoms with van der Waals surface area (Å²) in [5.41, 5.74) is 1.34. The molecule has 0 aromatic carbocycles. The number of thioether (sulfide) groups is 1. The van der Waals surface area contributed by atoms with Crippen LogP contribution in [-0.2, 0) is 24.1 Å². The first-order valence-electron chi connectivity index (χ1n) is 12.0. The lowest BCUT2D eigenvalue weighted by molar-refractivity contribution is -0.146. The van der Waals surface area contributed by atoms with E-state index in [0.717, 1.165) is 35.7 Å². The molecule has 8 heteroatoms. The van der Waals surface area contributed by atoms with Crippen molar-refractivity contribution in [3.05, 3.63) is 76.5 Å². The Morgan fingerprint density at radius 1 is 1.09 bits per heavy atom. The molecule has 0 spiro atoms. The van der Waals surface area contributed by atoms with Crippen LogP contribution in [0.25, 0.3) is 5.69 Å². The number of hydrogen-bond acceptors (Lipinski definition) is 6. The van der Waals surface area contributed by atoms with Crippen molar-refractivity contribution in [1.29, 1.82) is 0 Å². The first-order valence-corrected chi connectivity index (χ1v) is 13.2. The van der Waals surface area contributed by atoms with Gasteiger partial charge in [-0.15, -0.1) is 11.8 Å². The second-order valence-corrected chi connectivity index (χ2v) is 11.0. The zero-order valence-electron chi connectivity index (χ0n) is 20.5. The molecule has 1 aliphatic rings. The van der Waals surface area contributed by atoms with Gasteiger partial charge in [-0.05, 0) is 87.8 Å². The molecule has 7 nitrogen and oxygen atoms in total. The van der Waals surface area contributed by atoms with Crippen molar-refractivity contribution in [1.82, 2.24) is 19.5 Å². The van der Waals surface area contributed by atoms with Crippen LogP contribution in [0.2, 0.25) is 0 Å². The predicted molar refractivity (Wildman–Crippen MR) is 137 cm³/mol. The highest BCUT2D eigenvalue weighted by atomic mass is 32.2. The minimum Gasteiger partial charge on any atom is -0.481 e. The summed E-state index contributed by atoms with van der Waals surface area (Å²) in [6.07, 6.45) is 15.0. The Labute approximate surface area is 210 Å². The van der Waals surface area contributed by atoms with Crippen LogP contribution in [0.1, 0.15) is 50.2 Å². The van der Waals surface area contributed by atoms with E-state index in [4.69, 9.17) is 0 Å². The highest BCUT2D eigenvalue weighted by Crippen LogP contribution is 2.34. The van der Waals surface area contributed by atoms with E-state index in [1.807, 2.05) is 30.8 Å². The van der Waals surface area contributed by atoms with Crippen molar-refractivity contribution < 1.29 is 9.90 Å². The molecule has 4 rings (SSSR count). The number of hydrogen-bond donors (Lipinski definition) is 1. The van der Waals surface area contributed by atoms with Crippen molar-refractivity contribution in [2.75, 3.05) is 6.26 Å². The number of aromatic nitrogens is 4. The van der Waals surface area contributed by atoms with Crippen LogP contribution in [-0.4, -0.2) is 36.9 Å². The molecule has 1 aliphatic carbocycles. The fraction of sp³-hybridized carbons (Fsp3) is 0.444. The molecular weight excluding hydrogens is 460 g/mol. The van der Waals surface area contributed by atoms with E-state index in [1.165, 1.54) is 18.9 Å². The number of carboxylic acid groups (broad SMARTS) is 1. The SMILES string of the molecule is CSc1cnc(C[C@H]2CC[C@H](Cc3ccc(-n4ccc(CC(C)(C)C(=O)O)cc4=O)cn3)C2)nc1. The monoisotopic (exact) mass is 492 g/mol. The van der Waals surface area contributed by atoms with Crippen LogP contribution in [0.15, 0.2) is 58.7 Å². The molecular formula is C27H32N4O3S. The molecule has 1 saturated carbocycles. The Bertz CT molecular complexity index is 1220. The van der Waals surface area contributed by atoms with Gasteiger partial charge in [-0.25, -0.2) is 9.97 Å². The molecule has 0 saturated heterocycles. The fourth-order valence-electron chi connectivity index (χ4n) is 4.77. The number of nitrogens with zero attached hydrogens (tertiary/aromatic N) is 4. The Balaban J connectivity index is 1.34. The van der Waals surface area contributed by atoms with Crippen LogP contribution in [0, 0.1) is 17.3 Å². The largest absolute Gasteiger partial charge is 0.481 e. The van der Waals surface area contributed by atoms with Crippen molar-refractivity contribution >= 4 is 17.7 Å². The average Bonchev–Trinajstić information content (AvgIpc) is 3.26. The van der Waals surface area contributed by atoms with Gasteiger partial charge in [0, 0.05) is 41.7 Å². The van der Waals surface area contributed by atoms with E-state index in [-0.39, 0.29) is 5.56 Å². The van der Waals surface area contributed by atoms with E-state index in [0.29, 0.717) is 29.5 Å².